The predicted octanol–water partition coefficient (Wildman–Crippen LogP) is 4.04. The van der Waals surface area contributed by atoms with E-state index in [0.29, 0.717) is 22.4 Å². The van der Waals surface area contributed by atoms with Crippen LogP contribution in [0.25, 0.3) is 0 Å². The van der Waals surface area contributed by atoms with Crippen LogP contribution in [-0.2, 0) is 0 Å². The number of allylic oxidation sites excluding steroid dienone is 1. The molecule has 2 N–H and O–H groups in total. The highest BCUT2D eigenvalue weighted by atomic mass is 16.6. The number of nitro groups is 1. The van der Waals surface area contributed by atoms with Gasteiger partial charge in [-0.2, -0.15) is 5.26 Å². The first-order valence-electron chi connectivity index (χ1n) is 9.73. The highest BCUT2D eigenvalue weighted by Gasteiger charge is 2.32. The quantitative estimate of drug-likeness (QED) is 0.270. The minimum Gasteiger partial charge on any atom is -0.497 e. The highest BCUT2D eigenvalue weighted by molar-refractivity contribution is 5.91. The van der Waals surface area contributed by atoms with Gasteiger partial charge in [0.15, 0.2) is 0 Å². The summed E-state index contributed by atoms with van der Waals surface area (Å²) < 4.78 is 16.1. The molecule has 1 aliphatic rings. The number of fused-ring (bicyclic) bond motifs is 1. The molecule has 1 atom stereocenters. The van der Waals surface area contributed by atoms with E-state index >= 15 is 0 Å². The summed E-state index contributed by atoms with van der Waals surface area (Å²) in [5.41, 5.74) is 7.40. The van der Waals surface area contributed by atoms with Gasteiger partial charge in [-0.1, -0.05) is 18.2 Å². The van der Waals surface area contributed by atoms with Crippen molar-refractivity contribution in [1.29, 1.82) is 5.26 Å². The van der Waals surface area contributed by atoms with Crippen molar-refractivity contribution in [1.82, 2.24) is 0 Å². The van der Waals surface area contributed by atoms with Crippen LogP contribution in [0.15, 0.2) is 78.2 Å². The minimum atomic E-state index is -0.676. The molecule has 0 amide bonds. The SMILES string of the molecule is COc1ccc(C(=O)Oc2ccc3c(c2)OC(N)=C(C#N)C3c2cccc([N+](=O)[O-])c2)cc1. The van der Waals surface area contributed by atoms with Gasteiger partial charge in [0.05, 0.1) is 23.5 Å². The molecule has 0 saturated carbocycles. The van der Waals surface area contributed by atoms with Gasteiger partial charge in [0.2, 0.25) is 5.88 Å². The van der Waals surface area contributed by atoms with E-state index in [1.54, 1.807) is 48.5 Å². The Bertz CT molecular complexity index is 1320. The lowest BCUT2D eigenvalue weighted by molar-refractivity contribution is -0.384. The molecular weight excluding hydrogens is 426 g/mol. The molecule has 0 saturated heterocycles. The van der Waals surface area contributed by atoms with Gasteiger partial charge in [0.25, 0.3) is 5.69 Å². The summed E-state index contributed by atoms with van der Waals surface area (Å²) in [5.74, 6) is -0.282. The first kappa shape index (κ1) is 21.4. The van der Waals surface area contributed by atoms with E-state index < -0.39 is 16.8 Å². The number of nitro benzene ring substituents is 1. The normalized spacial score (nSPS) is 14.5. The Balaban J connectivity index is 1.68. The summed E-state index contributed by atoms with van der Waals surface area (Å²) in [5, 5.41) is 20.9. The predicted molar refractivity (Wildman–Crippen MR) is 117 cm³/mol. The first-order valence-corrected chi connectivity index (χ1v) is 9.73. The summed E-state index contributed by atoms with van der Waals surface area (Å²) >= 11 is 0. The van der Waals surface area contributed by atoms with Crippen LogP contribution in [0.5, 0.6) is 17.2 Å². The average Bonchev–Trinajstić information content (AvgIpc) is 2.83. The third-order valence-corrected chi connectivity index (χ3v) is 5.14. The van der Waals surface area contributed by atoms with E-state index in [9.17, 15) is 20.2 Å². The second-order valence-electron chi connectivity index (χ2n) is 7.09. The summed E-state index contributed by atoms with van der Waals surface area (Å²) in [6, 6.07) is 19.1. The third-order valence-electron chi connectivity index (χ3n) is 5.14. The molecule has 1 heterocycles. The standard InChI is InChI=1S/C24H17N3O6/c1-31-17-7-5-14(6-8-17)24(28)32-18-9-10-19-21(12-18)33-23(26)20(13-25)22(19)15-3-2-4-16(11-15)27(29)30/h2-12,22H,26H2,1H3. The number of hydrogen-bond acceptors (Lipinski definition) is 8. The molecule has 9 heteroatoms. The van der Waals surface area contributed by atoms with Crippen molar-refractivity contribution in [3.63, 3.8) is 0 Å². The average molecular weight is 443 g/mol. The maximum Gasteiger partial charge on any atom is 0.343 e. The fourth-order valence-electron chi connectivity index (χ4n) is 3.55. The van der Waals surface area contributed by atoms with Gasteiger partial charge in [0.1, 0.15) is 28.9 Å². The van der Waals surface area contributed by atoms with Crippen LogP contribution in [0.2, 0.25) is 0 Å². The van der Waals surface area contributed by atoms with Crippen LogP contribution < -0.4 is 19.9 Å². The van der Waals surface area contributed by atoms with Gasteiger partial charge in [-0.05, 0) is 35.9 Å². The Kier molecular flexibility index (Phi) is 5.66. The molecule has 0 aliphatic carbocycles. The van der Waals surface area contributed by atoms with Gasteiger partial charge < -0.3 is 19.9 Å². The van der Waals surface area contributed by atoms with E-state index in [4.69, 9.17) is 19.9 Å². The number of non-ortho nitro benzene ring substituents is 1. The Morgan fingerprint density at radius 1 is 1.12 bits per heavy atom. The fraction of sp³-hybridized carbons (Fsp3) is 0.0833. The summed E-state index contributed by atoms with van der Waals surface area (Å²) in [6.07, 6.45) is 0. The van der Waals surface area contributed by atoms with Crippen molar-refractivity contribution in [3.8, 4) is 23.3 Å². The smallest absolute Gasteiger partial charge is 0.343 e. The van der Waals surface area contributed by atoms with Crippen LogP contribution >= 0.6 is 0 Å². The summed E-state index contributed by atoms with van der Waals surface area (Å²) in [7, 11) is 1.53. The molecule has 1 unspecified atom stereocenters. The molecule has 4 rings (SSSR count). The summed E-state index contributed by atoms with van der Waals surface area (Å²) in [4.78, 5) is 23.2. The number of methoxy groups -OCH3 is 1. The van der Waals surface area contributed by atoms with Gasteiger partial charge in [-0.15, -0.1) is 0 Å². The van der Waals surface area contributed by atoms with E-state index in [2.05, 4.69) is 0 Å². The number of nitriles is 1. The number of hydrogen-bond donors (Lipinski definition) is 1. The molecule has 9 nitrogen and oxygen atoms in total. The number of carbonyl (C=O) groups is 1. The Morgan fingerprint density at radius 2 is 1.85 bits per heavy atom. The van der Waals surface area contributed by atoms with Crippen LogP contribution in [0, 0.1) is 21.4 Å². The molecule has 0 aromatic heterocycles. The van der Waals surface area contributed by atoms with Crippen molar-refractivity contribution in [2.24, 2.45) is 5.73 Å². The third kappa shape index (κ3) is 4.18. The van der Waals surface area contributed by atoms with Crippen LogP contribution in [0.1, 0.15) is 27.4 Å². The number of nitrogens with two attached hydrogens (primary N) is 1. The van der Waals surface area contributed by atoms with E-state index in [0.717, 1.165) is 0 Å². The van der Waals surface area contributed by atoms with Gasteiger partial charge in [0, 0.05) is 23.8 Å². The number of ether oxygens (including phenoxy) is 3. The number of rotatable bonds is 5. The lowest BCUT2D eigenvalue weighted by atomic mass is 9.83. The van der Waals surface area contributed by atoms with Crippen molar-refractivity contribution < 1.29 is 23.9 Å². The molecule has 3 aromatic rings. The lowest BCUT2D eigenvalue weighted by Crippen LogP contribution is -2.21. The van der Waals surface area contributed by atoms with Gasteiger partial charge >= 0.3 is 5.97 Å². The molecular formula is C24H17N3O6. The molecule has 0 bridgehead atoms. The van der Waals surface area contributed by atoms with Gasteiger partial charge in [-0.3, -0.25) is 10.1 Å². The monoisotopic (exact) mass is 443 g/mol. The summed E-state index contributed by atoms with van der Waals surface area (Å²) in [6.45, 7) is 0. The van der Waals surface area contributed by atoms with E-state index in [-0.39, 0.29) is 28.6 Å². The van der Waals surface area contributed by atoms with Crippen LogP contribution in [0.3, 0.4) is 0 Å². The van der Waals surface area contributed by atoms with E-state index in [1.807, 2.05) is 6.07 Å². The Labute approximate surface area is 188 Å². The molecule has 1 aliphatic heterocycles. The van der Waals surface area contributed by atoms with E-state index in [1.165, 1.54) is 25.3 Å². The number of carbonyl (C=O) groups excluding carboxylic acids is 1. The zero-order valence-corrected chi connectivity index (χ0v) is 17.3. The molecule has 0 spiro atoms. The number of nitrogens with zero attached hydrogens (tertiary/aromatic N) is 2. The van der Waals surface area contributed by atoms with Crippen molar-refractivity contribution >= 4 is 11.7 Å². The molecule has 3 aromatic carbocycles. The van der Waals surface area contributed by atoms with Crippen LogP contribution in [0.4, 0.5) is 5.69 Å². The molecule has 0 radical (unpaired) electrons. The number of esters is 1. The highest BCUT2D eigenvalue weighted by Crippen LogP contribution is 2.44. The zero-order valence-electron chi connectivity index (χ0n) is 17.3. The van der Waals surface area contributed by atoms with Crippen molar-refractivity contribution in [2.45, 2.75) is 5.92 Å². The first-order chi connectivity index (χ1) is 15.9. The molecule has 164 valence electrons. The van der Waals surface area contributed by atoms with Crippen LogP contribution in [-0.4, -0.2) is 18.0 Å². The topological polar surface area (TPSA) is 138 Å². The lowest BCUT2D eigenvalue weighted by Gasteiger charge is -2.26. The zero-order chi connectivity index (χ0) is 23.5. The molecule has 0 fully saturated rings. The van der Waals surface area contributed by atoms with Gasteiger partial charge in [-0.25, -0.2) is 4.79 Å². The van der Waals surface area contributed by atoms with Crippen molar-refractivity contribution in [3.05, 3.63) is 105 Å². The Morgan fingerprint density at radius 3 is 2.52 bits per heavy atom. The number of benzene rings is 3. The second-order valence-corrected chi connectivity index (χ2v) is 7.09. The molecule has 33 heavy (non-hydrogen) atoms. The largest absolute Gasteiger partial charge is 0.497 e. The van der Waals surface area contributed by atoms with Crippen molar-refractivity contribution in [2.75, 3.05) is 7.11 Å². The fourth-order valence-corrected chi connectivity index (χ4v) is 3.55. The second kappa shape index (κ2) is 8.72. The maximum atomic E-state index is 12.5. The Hall–Kier alpha value is -4.84. The maximum absolute atomic E-state index is 12.5. The minimum absolute atomic E-state index is 0.110.